The van der Waals surface area contributed by atoms with Crippen molar-refractivity contribution in [3.63, 3.8) is 0 Å². The van der Waals surface area contributed by atoms with E-state index in [0.29, 0.717) is 5.88 Å². The Kier molecular flexibility index (Phi) is 2.97. The third-order valence-corrected chi connectivity index (χ3v) is 2.78. The molecule has 0 aliphatic carbocycles. The number of aryl methyl sites for hydroxylation is 3. The third-order valence-electron chi connectivity index (χ3n) is 2.52. The second-order valence-electron chi connectivity index (χ2n) is 3.98. The molecule has 16 heavy (non-hydrogen) atoms. The lowest BCUT2D eigenvalue weighted by Crippen LogP contribution is -2.05. The van der Waals surface area contributed by atoms with E-state index in [1.54, 1.807) is 4.68 Å². The SMILES string of the molecule is Cc1cnn(-c2nc(C)cc(C)c2CCl)c1. The van der Waals surface area contributed by atoms with Crippen LogP contribution in [0.1, 0.15) is 22.4 Å². The number of halogens is 1. The fourth-order valence-corrected chi connectivity index (χ4v) is 2.06. The van der Waals surface area contributed by atoms with E-state index < -0.39 is 0 Å². The summed E-state index contributed by atoms with van der Waals surface area (Å²) in [4.78, 5) is 4.50. The highest BCUT2D eigenvalue weighted by atomic mass is 35.5. The van der Waals surface area contributed by atoms with Crippen LogP contribution in [0.3, 0.4) is 0 Å². The van der Waals surface area contributed by atoms with Crippen molar-refractivity contribution < 1.29 is 0 Å². The second kappa shape index (κ2) is 4.26. The molecule has 0 atom stereocenters. The van der Waals surface area contributed by atoms with E-state index >= 15 is 0 Å². The summed E-state index contributed by atoms with van der Waals surface area (Å²) in [5, 5.41) is 4.27. The molecule has 2 heterocycles. The van der Waals surface area contributed by atoms with Gasteiger partial charge in [0.1, 0.15) is 0 Å². The summed E-state index contributed by atoms with van der Waals surface area (Å²) in [6.45, 7) is 6.03. The van der Waals surface area contributed by atoms with E-state index in [4.69, 9.17) is 11.6 Å². The summed E-state index contributed by atoms with van der Waals surface area (Å²) in [6.07, 6.45) is 3.77. The largest absolute Gasteiger partial charge is 0.234 e. The van der Waals surface area contributed by atoms with Gasteiger partial charge >= 0.3 is 0 Å². The van der Waals surface area contributed by atoms with E-state index in [9.17, 15) is 0 Å². The average molecular weight is 236 g/mol. The lowest BCUT2D eigenvalue weighted by atomic mass is 10.1. The highest BCUT2D eigenvalue weighted by Gasteiger charge is 2.10. The minimum atomic E-state index is 0.452. The first-order valence-corrected chi connectivity index (χ1v) is 5.70. The van der Waals surface area contributed by atoms with Crippen LogP contribution >= 0.6 is 11.6 Å². The smallest absolute Gasteiger partial charge is 0.158 e. The maximum absolute atomic E-state index is 5.97. The Morgan fingerprint density at radius 2 is 2.06 bits per heavy atom. The quantitative estimate of drug-likeness (QED) is 0.750. The normalized spacial score (nSPS) is 10.8. The van der Waals surface area contributed by atoms with Crippen LogP contribution in [0.15, 0.2) is 18.5 Å². The predicted molar refractivity (Wildman–Crippen MR) is 65.1 cm³/mol. The molecular formula is C12H14ClN3. The maximum Gasteiger partial charge on any atom is 0.158 e. The van der Waals surface area contributed by atoms with Gasteiger partial charge in [0.2, 0.25) is 0 Å². The molecule has 2 rings (SSSR count). The van der Waals surface area contributed by atoms with E-state index in [-0.39, 0.29) is 0 Å². The van der Waals surface area contributed by atoms with Gasteiger partial charge in [-0.2, -0.15) is 5.10 Å². The minimum Gasteiger partial charge on any atom is -0.234 e. The molecule has 0 unspecified atom stereocenters. The Labute approximate surface area is 100 Å². The van der Waals surface area contributed by atoms with Crippen molar-refractivity contribution in [2.45, 2.75) is 26.7 Å². The number of rotatable bonds is 2. The van der Waals surface area contributed by atoms with E-state index in [1.807, 2.05) is 39.2 Å². The van der Waals surface area contributed by atoms with Gasteiger partial charge < -0.3 is 0 Å². The summed E-state index contributed by atoms with van der Waals surface area (Å²) in [5.74, 6) is 1.29. The maximum atomic E-state index is 5.97. The molecular weight excluding hydrogens is 222 g/mol. The number of hydrogen-bond donors (Lipinski definition) is 0. The monoisotopic (exact) mass is 235 g/mol. The zero-order chi connectivity index (χ0) is 11.7. The number of nitrogens with zero attached hydrogens (tertiary/aromatic N) is 3. The zero-order valence-electron chi connectivity index (χ0n) is 9.66. The summed E-state index contributed by atoms with van der Waals surface area (Å²) < 4.78 is 1.78. The fourth-order valence-electron chi connectivity index (χ4n) is 1.73. The first-order chi connectivity index (χ1) is 7.61. The van der Waals surface area contributed by atoms with Gasteiger partial charge in [0.15, 0.2) is 5.82 Å². The van der Waals surface area contributed by atoms with Gasteiger partial charge in [-0.1, -0.05) is 0 Å². The van der Waals surface area contributed by atoms with Crippen molar-refractivity contribution >= 4 is 11.6 Å². The summed E-state index contributed by atoms with van der Waals surface area (Å²) in [5.41, 5.74) is 4.29. The highest BCUT2D eigenvalue weighted by molar-refractivity contribution is 6.17. The van der Waals surface area contributed by atoms with Crippen LogP contribution in [0.25, 0.3) is 5.82 Å². The first kappa shape index (κ1) is 11.1. The van der Waals surface area contributed by atoms with Gasteiger partial charge in [-0.25, -0.2) is 9.67 Å². The van der Waals surface area contributed by atoms with Crippen molar-refractivity contribution in [2.75, 3.05) is 0 Å². The van der Waals surface area contributed by atoms with E-state index in [2.05, 4.69) is 10.1 Å². The summed E-state index contributed by atoms with van der Waals surface area (Å²) in [7, 11) is 0. The number of aromatic nitrogens is 3. The molecule has 0 amide bonds. The molecule has 2 aromatic rings. The first-order valence-electron chi connectivity index (χ1n) is 5.16. The standard InChI is InChI=1S/C12H14ClN3/c1-8-6-14-16(7-8)12-11(5-13)9(2)4-10(3)15-12/h4,6-7H,5H2,1-3H3. The Morgan fingerprint density at radius 3 is 2.62 bits per heavy atom. The molecule has 0 radical (unpaired) electrons. The molecule has 0 N–H and O–H groups in total. The molecule has 84 valence electrons. The van der Waals surface area contributed by atoms with Crippen LogP contribution in [0.5, 0.6) is 0 Å². The topological polar surface area (TPSA) is 30.7 Å². The van der Waals surface area contributed by atoms with Gasteiger partial charge in [-0.15, -0.1) is 11.6 Å². The van der Waals surface area contributed by atoms with Crippen LogP contribution in [0.2, 0.25) is 0 Å². The number of hydrogen-bond acceptors (Lipinski definition) is 2. The Morgan fingerprint density at radius 1 is 1.31 bits per heavy atom. The summed E-state index contributed by atoms with van der Waals surface area (Å²) >= 11 is 5.97. The number of pyridine rings is 1. The van der Waals surface area contributed by atoms with Crippen molar-refractivity contribution in [3.05, 3.63) is 40.8 Å². The van der Waals surface area contributed by atoms with Crippen molar-refractivity contribution in [3.8, 4) is 5.82 Å². The van der Waals surface area contributed by atoms with Crippen LogP contribution in [0.4, 0.5) is 0 Å². The molecule has 0 spiro atoms. The predicted octanol–water partition coefficient (Wildman–Crippen LogP) is 2.93. The molecule has 0 fully saturated rings. The molecule has 0 saturated carbocycles. The second-order valence-corrected chi connectivity index (χ2v) is 4.25. The average Bonchev–Trinajstić information content (AvgIpc) is 2.63. The summed E-state index contributed by atoms with van der Waals surface area (Å²) in [6, 6.07) is 2.04. The third kappa shape index (κ3) is 1.95. The Balaban J connectivity index is 2.63. The van der Waals surface area contributed by atoms with Crippen molar-refractivity contribution in [1.29, 1.82) is 0 Å². The zero-order valence-corrected chi connectivity index (χ0v) is 10.4. The fraction of sp³-hybridized carbons (Fsp3) is 0.333. The van der Waals surface area contributed by atoms with Crippen LogP contribution < -0.4 is 0 Å². The Bertz CT molecular complexity index is 517. The minimum absolute atomic E-state index is 0.452. The highest BCUT2D eigenvalue weighted by Crippen LogP contribution is 2.19. The van der Waals surface area contributed by atoms with Crippen LogP contribution in [0, 0.1) is 20.8 Å². The molecule has 4 heteroatoms. The van der Waals surface area contributed by atoms with Gasteiger partial charge in [-0.05, 0) is 38.0 Å². The van der Waals surface area contributed by atoms with Crippen LogP contribution in [-0.4, -0.2) is 14.8 Å². The van der Waals surface area contributed by atoms with Crippen molar-refractivity contribution in [1.82, 2.24) is 14.8 Å². The van der Waals surface area contributed by atoms with Gasteiger partial charge in [0, 0.05) is 17.5 Å². The molecule has 0 bridgehead atoms. The molecule has 0 aliphatic heterocycles. The van der Waals surface area contributed by atoms with E-state index in [0.717, 1.165) is 28.2 Å². The van der Waals surface area contributed by atoms with Gasteiger partial charge in [0.05, 0.1) is 12.1 Å². The Hall–Kier alpha value is -1.35. The molecule has 0 aliphatic rings. The lowest BCUT2D eigenvalue weighted by molar-refractivity contribution is 0.826. The molecule has 2 aromatic heterocycles. The molecule has 3 nitrogen and oxygen atoms in total. The van der Waals surface area contributed by atoms with Crippen molar-refractivity contribution in [2.24, 2.45) is 0 Å². The van der Waals surface area contributed by atoms with Gasteiger partial charge in [-0.3, -0.25) is 0 Å². The van der Waals surface area contributed by atoms with Crippen LogP contribution in [-0.2, 0) is 5.88 Å². The lowest BCUT2D eigenvalue weighted by Gasteiger charge is -2.10. The molecule has 0 aromatic carbocycles. The van der Waals surface area contributed by atoms with Gasteiger partial charge in [0.25, 0.3) is 0 Å². The van der Waals surface area contributed by atoms with E-state index in [1.165, 1.54) is 0 Å². The number of alkyl halides is 1. The molecule has 0 saturated heterocycles.